The number of carbonyl (C=O) groups excluding carboxylic acids is 1. The summed E-state index contributed by atoms with van der Waals surface area (Å²) < 4.78 is 44.4. The van der Waals surface area contributed by atoms with Gasteiger partial charge in [-0.25, -0.2) is 0 Å². The Hall–Kier alpha value is -1.51. The molecule has 0 aliphatic rings. The zero-order valence-electron chi connectivity index (χ0n) is 11.1. The van der Waals surface area contributed by atoms with Crippen LogP contribution in [0, 0.1) is 0 Å². The summed E-state index contributed by atoms with van der Waals surface area (Å²) in [5.74, 6) is -0.699. The summed E-state index contributed by atoms with van der Waals surface area (Å²) >= 11 is 0. The number of methoxy groups -OCH3 is 1. The van der Waals surface area contributed by atoms with E-state index in [4.69, 9.17) is 10.5 Å². The first kappa shape index (κ1) is 19.5. The van der Waals surface area contributed by atoms with Gasteiger partial charge in [0.15, 0.2) is 0 Å². The maximum atomic E-state index is 12.0. The summed E-state index contributed by atoms with van der Waals surface area (Å²) in [6.45, 7) is 0.200. The number of rotatable bonds is 6. The van der Waals surface area contributed by atoms with E-state index in [9.17, 15) is 18.0 Å². The first-order valence-electron chi connectivity index (χ1n) is 5.71. The minimum Gasteiger partial charge on any atom is -0.406 e. The van der Waals surface area contributed by atoms with Crippen LogP contribution in [0.4, 0.5) is 13.2 Å². The number of amides is 1. The Morgan fingerprint density at radius 2 is 1.90 bits per heavy atom. The molecule has 0 aromatic heterocycles. The molecule has 1 rings (SSSR count). The van der Waals surface area contributed by atoms with E-state index in [2.05, 4.69) is 10.1 Å². The van der Waals surface area contributed by atoms with Gasteiger partial charge in [-0.05, 0) is 17.7 Å². The zero-order valence-corrected chi connectivity index (χ0v) is 12.0. The number of alkyl halides is 3. The summed E-state index contributed by atoms with van der Waals surface area (Å²) in [5, 5.41) is 2.56. The number of benzene rings is 1. The Balaban J connectivity index is 0.00000400. The monoisotopic (exact) mass is 328 g/mol. The molecule has 0 radical (unpaired) electrons. The molecule has 1 atom stereocenters. The normalized spacial score (nSPS) is 12.2. The second-order valence-electron chi connectivity index (χ2n) is 3.87. The van der Waals surface area contributed by atoms with Gasteiger partial charge in [0.2, 0.25) is 0 Å². The molecule has 1 aromatic carbocycles. The number of nitrogens with two attached hydrogens (primary N) is 1. The molecular formula is C12H16ClF3N2O3. The number of hydrogen-bond donors (Lipinski definition) is 2. The Labute approximate surface area is 126 Å². The van der Waals surface area contributed by atoms with Gasteiger partial charge < -0.3 is 20.5 Å². The Morgan fingerprint density at radius 1 is 1.33 bits per heavy atom. The summed E-state index contributed by atoms with van der Waals surface area (Å²) in [7, 11) is 1.36. The zero-order chi connectivity index (χ0) is 15.2. The van der Waals surface area contributed by atoms with Crippen molar-refractivity contribution in [2.24, 2.45) is 5.73 Å². The van der Waals surface area contributed by atoms with Crippen LogP contribution < -0.4 is 15.8 Å². The van der Waals surface area contributed by atoms with Crippen LogP contribution in [-0.4, -0.2) is 32.0 Å². The van der Waals surface area contributed by atoms with Crippen molar-refractivity contribution >= 4 is 18.3 Å². The lowest BCUT2D eigenvalue weighted by molar-refractivity contribution is -0.274. The fourth-order valence-corrected chi connectivity index (χ4v) is 1.42. The second-order valence-corrected chi connectivity index (χ2v) is 3.87. The van der Waals surface area contributed by atoms with E-state index < -0.39 is 12.5 Å². The van der Waals surface area contributed by atoms with Crippen molar-refractivity contribution in [3.63, 3.8) is 0 Å². The highest BCUT2D eigenvalue weighted by molar-refractivity contribution is 5.85. The molecule has 0 spiro atoms. The van der Waals surface area contributed by atoms with Crippen LogP contribution >= 0.6 is 12.4 Å². The Kier molecular flexibility index (Phi) is 8.08. The molecule has 0 heterocycles. The number of halogens is 4. The summed E-state index contributed by atoms with van der Waals surface area (Å²) in [6, 6.07) is 5.19. The molecule has 0 fully saturated rings. The predicted octanol–water partition coefficient (Wildman–Crippen LogP) is 1.60. The largest absolute Gasteiger partial charge is 0.573 e. The summed E-state index contributed by atoms with van der Waals surface area (Å²) in [5.41, 5.74) is 5.95. The lowest BCUT2D eigenvalue weighted by atomic mass is 10.2. The molecule has 120 valence electrons. The third-order valence-electron chi connectivity index (χ3n) is 2.41. The minimum absolute atomic E-state index is 0. The third-order valence-corrected chi connectivity index (χ3v) is 2.41. The fourth-order valence-electron chi connectivity index (χ4n) is 1.42. The van der Waals surface area contributed by atoms with Gasteiger partial charge in [0.1, 0.15) is 11.9 Å². The topological polar surface area (TPSA) is 73.6 Å². The smallest absolute Gasteiger partial charge is 0.406 e. The molecule has 21 heavy (non-hydrogen) atoms. The number of carbonyl (C=O) groups is 1. The molecule has 1 amide bonds. The summed E-state index contributed by atoms with van der Waals surface area (Å²) in [6.07, 6.45) is -5.47. The van der Waals surface area contributed by atoms with Crippen molar-refractivity contribution in [3.05, 3.63) is 29.8 Å². The molecule has 3 N–H and O–H groups in total. The molecule has 0 aliphatic carbocycles. The van der Waals surface area contributed by atoms with Crippen LogP contribution in [0.3, 0.4) is 0 Å². The molecule has 9 heteroatoms. The Bertz CT molecular complexity index is 436. The van der Waals surface area contributed by atoms with Crippen LogP contribution in [0.2, 0.25) is 0 Å². The van der Waals surface area contributed by atoms with Crippen molar-refractivity contribution in [3.8, 4) is 5.75 Å². The lowest BCUT2D eigenvalue weighted by Crippen LogP contribution is -2.40. The van der Waals surface area contributed by atoms with Crippen LogP contribution in [0.5, 0.6) is 5.75 Å². The van der Waals surface area contributed by atoms with Crippen LogP contribution in [0.15, 0.2) is 24.3 Å². The molecule has 0 aliphatic heterocycles. The van der Waals surface area contributed by atoms with Crippen molar-refractivity contribution in [1.82, 2.24) is 5.32 Å². The highest BCUT2D eigenvalue weighted by Crippen LogP contribution is 2.22. The first-order valence-corrected chi connectivity index (χ1v) is 5.71. The van der Waals surface area contributed by atoms with Gasteiger partial charge in [-0.15, -0.1) is 25.6 Å². The quantitative estimate of drug-likeness (QED) is 0.832. The van der Waals surface area contributed by atoms with Gasteiger partial charge in [0.25, 0.3) is 5.91 Å². The van der Waals surface area contributed by atoms with Gasteiger partial charge in [-0.3, -0.25) is 4.79 Å². The van der Waals surface area contributed by atoms with E-state index in [1.807, 2.05) is 0 Å². The van der Waals surface area contributed by atoms with Gasteiger partial charge >= 0.3 is 6.36 Å². The molecular weight excluding hydrogens is 313 g/mol. The van der Waals surface area contributed by atoms with Gasteiger partial charge in [0.05, 0.1) is 0 Å². The maximum absolute atomic E-state index is 12.0. The lowest BCUT2D eigenvalue weighted by Gasteiger charge is -2.13. The van der Waals surface area contributed by atoms with Gasteiger partial charge in [0, 0.05) is 20.2 Å². The highest BCUT2D eigenvalue weighted by Gasteiger charge is 2.30. The van der Waals surface area contributed by atoms with Crippen LogP contribution in [0.25, 0.3) is 0 Å². The van der Waals surface area contributed by atoms with Gasteiger partial charge in [-0.2, -0.15) is 0 Å². The number of nitrogens with one attached hydrogen (secondary N) is 1. The molecule has 1 unspecified atom stereocenters. The van der Waals surface area contributed by atoms with Crippen molar-refractivity contribution < 1.29 is 27.4 Å². The average molecular weight is 329 g/mol. The van der Waals surface area contributed by atoms with Crippen molar-refractivity contribution in [2.45, 2.75) is 19.0 Å². The molecule has 5 nitrogen and oxygen atoms in total. The molecule has 0 saturated carbocycles. The van der Waals surface area contributed by atoms with E-state index >= 15 is 0 Å². The maximum Gasteiger partial charge on any atom is 0.573 e. The molecule has 1 aromatic rings. The third kappa shape index (κ3) is 7.16. The first-order chi connectivity index (χ1) is 9.35. The van der Waals surface area contributed by atoms with Crippen LogP contribution in [0.1, 0.15) is 5.56 Å². The predicted molar refractivity (Wildman–Crippen MR) is 72.1 cm³/mol. The molecule has 0 bridgehead atoms. The minimum atomic E-state index is -4.72. The van der Waals surface area contributed by atoms with E-state index in [-0.39, 0.29) is 37.2 Å². The fraction of sp³-hybridized carbons (Fsp3) is 0.417. The van der Waals surface area contributed by atoms with E-state index in [1.165, 1.54) is 31.4 Å². The van der Waals surface area contributed by atoms with E-state index in [0.29, 0.717) is 5.56 Å². The standard InChI is InChI=1S/C12H15F3N2O3.ClH/c1-19-10(6-16)11(18)17-7-8-2-4-9(5-3-8)20-12(13,14)15;/h2-5,10H,6-7,16H2,1H3,(H,17,18);1H. The van der Waals surface area contributed by atoms with Crippen LogP contribution in [-0.2, 0) is 16.1 Å². The molecule has 0 saturated heterocycles. The highest BCUT2D eigenvalue weighted by atomic mass is 35.5. The summed E-state index contributed by atoms with van der Waals surface area (Å²) in [4.78, 5) is 11.5. The number of ether oxygens (including phenoxy) is 2. The van der Waals surface area contributed by atoms with E-state index in [0.717, 1.165) is 0 Å². The SMILES string of the molecule is COC(CN)C(=O)NCc1ccc(OC(F)(F)F)cc1.Cl. The van der Waals surface area contributed by atoms with Crippen molar-refractivity contribution in [1.29, 1.82) is 0 Å². The second kappa shape index (κ2) is 8.71. The van der Waals surface area contributed by atoms with E-state index in [1.54, 1.807) is 0 Å². The van der Waals surface area contributed by atoms with Crippen molar-refractivity contribution in [2.75, 3.05) is 13.7 Å². The van der Waals surface area contributed by atoms with Gasteiger partial charge in [-0.1, -0.05) is 12.1 Å². The number of hydrogen-bond acceptors (Lipinski definition) is 4. The average Bonchev–Trinajstić information content (AvgIpc) is 2.37. The Morgan fingerprint density at radius 3 is 2.33 bits per heavy atom.